The highest BCUT2D eigenvalue weighted by atomic mass is 35.5. The molecule has 21 heavy (non-hydrogen) atoms. The first-order valence-electron chi connectivity index (χ1n) is 7.07. The molecule has 1 saturated carbocycles. The van der Waals surface area contributed by atoms with Crippen molar-refractivity contribution in [3.8, 4) is 11.3 Å². The van der Waals surface area contributed by atoms with Gasteiger partial charge in [0.2, 0.25) is 0 Å². The lowest BCUT2D eigenvalue weighted by atomic mass is 9.82. The summed E-state index contributed by atoms with van der Waals surface area (Å²) in [6.45, 7) is 0. The first kappa shape index (κ1) is 14.5. The van der Waals surface area contributed by atoms with E-state index in [4.69, 9.17) is 21.7 Å². The first-order chi connectivity index (χ1) is 10.1. The monoisotopic (exact) mass is 321 g/mol. The van der Waals surface area contributed by atoms with E-state index >= 15 is 0 Å². The highest BCUT2D eigenvalue weighted by Crippen LogP contribution is 2.38. The van der Waals surface area contributed by atoms with Crippen molar-refractivity contribution in [3.05, 3.63) is 39.7 Å². The molecule has 0 bridgehead atoms. The molecule has 1 aromatic heterocycles. The zero-order chi connectivity index (χ0) is 14.8. The number of rotatable bonds is 3. The normalized spacial score (nSPS) is 22.1. The van der Waals surface area contributed by atoms with Crippen molar-refractivity contribution < 1.29 is 9.90 Å². The van der Waals surface area contributed by atoms with Gasteiger partial charge in [-0.1, -0.05) is 23.7 Å². The maximum absolute atomic E-state index is 11.0. The second-order valence-electron chi connectivity index (χ2n) is 5.46. The summed E-state index contributed by atoms with van der Waals surface area (Å²) in [6.07, 6.45) is 3.36. The molecule has 2 aromatic rings. The standard InChI is InChI=1S/C16H16ClNO2S/c17-13-7-5-10(6-8-13)14-9-21-15(18-14)11-1-3-12(4-2-11)16(19)20/h5-9,11-12H,1-4H2,(H,19,20). The summed E-state index contributed by atoms with van der Waals surface area (Å²) in [7, 11) is 0. The number of carboxylic acids is 1. The number of carboxylic acid groups (broad SMARTS) is 1. The first-order valence-corrected chi connectivity index (χ1v) is 8.33. The van der Waals surface area contributed by atoms with Gasteiger partial charge in [0.25, 0.3) is 0 Å². The van der Waals surface area contributed by atoms with Crippen molar-refractivity contribution in [2.45, 2.75) is 31.6 Å². The molecule has 3 nitrogen and oxygen atoms in total. The Labute approximate surface area is 132 Å². The Morgan fingerprint density at radius 2 is 1.86 bits per heavy atom. The summed E-state index contributed by atoms with van der Waals surface area (Å²) in [4.78, 5) is 15.7. The van der Waals surface area contributed by atoms with Crippen molar-refractivity contribution in [3.63, 3.8) is 0 Å². The van der Waals surface area contributed by atoms with Crippen LogP contribution in [0.5, 0.6) is 0 Å². The number of carbonyl (C=O) groups is 1. The van der Waals surface area contributed by atoms with Crippen molar-refractivity contribution >= 4 is 28.9 Å². The SMILES string of the molecule is O=C(O)C1CCC(c2nc(-c3ccc(Cl)cc3)cs2)CC1. The molecule has 0 radical (unpaired) electrons. The topological polar surface area (TPSA) is 50.2 Å². The molecule has 1 aliphatic rings. The third-order valence-corrected chi connectivity index (χ3v) is 5.35. The Morgan fingerprint density at radius 1 is 1.19 bits per heavy atom. The fourth-order valence-electron chi connectivity index (χ4n) is 2.82. The largest absolute Gasteiger partial charge is 0.481 e. The molecule has 110 valence electrons. The molecule has 1 aliphatic carbocycles. The molecule has 0 atom stereocenters. The predicted molar refractivity (Wildman–Crippen MR) is 84.9 cm³/mol. The van der Waals surface area contributed by atoms with Gasteiger partial charge >= 0.3 is 5.97 Å². The Balaban J connectivity index is 1.71. The number of benzene rings is 1. The van der Waals surface area contributed by atoms with E-state index in [9.17, 15) is 4.79 Å². The third-order valence-electron chi connectivity index (χ3n) is 4.09. The van der Waals surface area contributed by atoms with Crippen molar-refractivity contribution in [1.29, 1.82) is 0 Å². The van der Waals surface area contributed by atoms with Gasteiger partial charge in [-0.2, -0.15) is 0 Å². The van der Waals surface area contributed by atoms with E-state index in [2.05, 4.69) is 5.38 Å². The van der Waals surface area contributed by atoms with Crippen LogP contribution in [0, 0.1) is 5.92 Å². The summed E-state index contributed by atoms with van der Waals surface area (Å²) < 4.78 is 0. The Bertz CT molecular complexity index is 630. The van der Waals surface area contributed by atoms with Crippen LogP contribution in [0.4, 0.5) is 0 Å². The van der Waals surface area contributed by atoms with Crippen LogP contribution in [0.1, 0.15) is 36.6 Å². The maximum atomic E-state index is 11.0. The number of aliphatic carboxylic acids is 1. The predicted octanol–water partition coefficient (Wildman–Crippen LogP) is 4.82. The van der Waals surface area contributed by atoms with Gasteiger partial charge in [-0.05, 0) is 37.8 Å². The lowest BCUT2D eigenvalue weighted by Gasteiger charge is -2.24. The number of aromatic nitrogens is 1. The summed E-state index contributed by atoms with van der Waals surface area (Å²) in [5, 5.41) is 13.0. The zero-order valence-electron chi connectivity index (χ0n) is 11.5. The van der Waals surface area contributed by atoms with E-state index in [1.54, 1.807) is 11.3 Å². The highest BCUT2D eigenvalue weighted by Gasteiger charge is 2.28. The molecule has 0 saturated heterocycles. The molecular weight excluding hydrogens is 306 g/mol. The average molecular weight is 322 g/mol. The smallest absolute Gasteiger partial charge is 0.306 e. The maximum Gasteiger partial charge on any atom is 0.306 e. The molecule has 1 aromatic carbocycles. The highest BCUT2D eigenvalue weighted by molar-refractivity contribution is 7.10. The van der Waals surface area contributed by atoms with Crippen LogP contribution >= 0.6 is 22.9 Å². The Kier molecular flexibility index (Phi) is 4.27. The number of thiazole rings is 1. The second-order valence-corrected chi connectivity index (χ2v) is 6.79. The molecule has 5 heteroatoms. The summed E-state index contributed by atoms with van der Waals surface area (Å²) >= 11 is 7.57. The third kappa shape index (κ3) is 3.27. The van der Waals surface area contributed by atoms with Gasteiger partial charge in [0.05, 0.1) is 16.6 Å². The number of hydrogen-bond acceptors (Lipinski definition) is 3. The van der Waals surface area contributed by atoms with Gasteiger partial charge in [0, 0.05) is 21.9 Å². The zero-order valence-corrected chi connectivity index (χ0v) is 13.0. The molecule has 0 aliphatic heterocycles. The number of nitrogens with zero attached hydrogens (tertiary/aromatic N) is 1. The van der Waals surface area contributed by atoms with Crippen molar-refractivity contribution in [2.24, 2.45) is 5.92 Å². The van der Waals surface area contributed by atoms with Crippen LogP contribution in [0.15, 0.2) is 29.6 Å². The van der Waals surface area contributed by atoms with Gasteiger partial charge in [0.1, 0.15) is 0 Å². The van der Waals surface area contributed by atoms with Crippen LogP contribution in [-0.4, -0.2) is 16.1 Å². The fourth-order valence-corrected chi connectivity index (χ4v) is 3.94. The van der Waals surface area contributed by atoms with Gasteiger partial charge in [0.15, 0.2) is 0 Å². The molecule has 0 amide bonds. The lowest BCUT2D eigenvalue weighted by molar-refractivity contribution is -0.142. The Morgan fingerprint density at radius 3 is 2.48 bits per heavy atom. The number of halogens is 1. The second kappa shape index (κ2) is 6.16. The van der Waals surface area contributed by atoms with E-state index in [1.165, 1.54) is 0 Å². The van der Waals surface area contributed by atoms with Crippen LogP contribution < -0.4 is 0 Å². The molecule has 1 N–H and O–H groups in total. The minimum atomic E-state index is -0.658. The van der Waals surface area contributed by atoms with Crippen molar-refractivity contribution in [1.82, 2.24) is 4.98 Å². The van der Waals surface area contributed by atoms with Gasteiger partial charge in [-0.3, -0.25) is 4.79 Å². The minimum absolute atomic E-state index is 0.169. The number of hydrogen-bond donors (Lipinski definition) is 1. The molecular formula is C16H16ClNO2S. The van der Waals surface area contributed by atoms with Crippen molar-refractivity contribution in [2.75, 3.05) is 0 Å². The lowest BCUT2D eigenvalue weighted by Crippen LogP contribution is -2.20. The summed E-state index contributed by atoms with van der Waals surface area (Å²) in [5.74, 6) is -0.418. The quantitative estimate of drug-likeness (QED) is 0.881. The molecule has 1 fully saturated rings. The van der Waals surface area contributed by atoms with E-state index in [-0.39, 0.29) is 5.92 Å². The van der Waals surface area contributed by atoms with E-state index < -0.39 is 5.97 Å². The average Bonchev–Trinajstić information content (AvgIpc) is 2.98. The van der Waals surface area contributed by atoms with Gasteiger partial charge in [-0.15, -0.1) is 11.3 Å². The fraction of sp³-hybridized carbons (Fsp3) is 0.375. The van der Waals surface area contributed by atoms with Crippen LogP contribution in [-0.2, 0) is 4.79 Å². The summed E-state index contributed by atoms with van der Waals surface area (Å²) in [6, 6.07) is 7.69. The minimum Gasteiger partial charge on any atom is -0.481 e. The molecule has 3 rings (SSSR count). The van der Waals surface area contributed by atoms with E-state index in [1.807, 2.05) is 24.3 Å². The Hall–Kier alpha value is -1.39. The van der Waals surface area contributed by atoms with E-state index in [0.717, 1.165) is 47.0 Å². The molecule has 0 spiro atoms. The van der Waals surface area contributed by atoms with Gasteiger partial charge < -0.3 is 5.11 Å². The van der Waals surface area contributed by atoms with Gasteiger partial charge in [-0.25, -0.2) is 4.98 Å². The van der Waals surface area contributed by atoms with E-state index in [0.29, 0.717) is 5.92 Å². The molecule has 1 heterocycles. The van der Waals surface area contributed by atoms with Crippen LogP contribution in [0.3, 0.4) is 0 Å². The summed E-state index contributed by atoms with van der Waals surface area (Å²) in [5.41, 5.74) is 2.05. The van der Waals surface area contributed by atoms with Crippen LogP contribution in [0.25, 0.3) is 11.3 Å². The van der Waals surface area contributed by atoms with Crippen LogP contribution in [0.2, 0.25) is 5.02 Å². The molecule has 0 unspecified atom stereocenters.